The smallest absolute Gasteiger partial charge is 0.310 e. The summed E-state index contributed by atoms with van der Waals surface area (Å²) in [7, 11) is 1.62. The standard InChI is InChI=1S/C24H30N2O4/c1-4-30-23(28)13-17-5-8-22(29-3)20(12-17)24-19(11-16(2)14-26-24)15-25-10-9-21(27)18-6-7-18/h5,8,11-12,14,18,25H,4,6-7,9-10,13,15H2,1-3H3. The second-order valence-corrected chi connectivity index (χ2v) is 7.70. The van der Waals surface area contributed by atoms with E-state index < -0.39 is 0 Å². The number of hydrogen-bond donors (Lipinski definition) is 1. The predicted octanol–water partition coefficient (Wildman–Crippen LogP) is 3.63. The monoisotopic (exact) mass is 410 g/mol. The van der Waals surface area contributed by atoms with E-state index in [1.165, 1.54) is 0 Å². The maximum absolute atomic E-state index is 11.9. The third kappa shape index (κ3) is 5.89. The number of aromatic nitrogens is 1. The van der Waals surface area contributed by atoms with Gasteiger partial charge in [-0.05, 0) is 55.5 Å². The van der Waals surface area contributed by atoms with E-state index in [0.717, 1.165) is 40.8 Å². The summed E-state index contributed by atoms with van der Waals surface area (Å²) in [6.45, 7) is 5.42. The molecule has 1 aromatic carbocycles. The van der Waals surface area contributed by atoms with Crippen LogP contribution < -0.4 is 10.1 Å². The number of esters is 1. The zero-order chi connectivity index (χ0) is 21.5. The number of hydrogen-bond acceptors (Lipinski definition) is 6. The van der Waals surface area contributed by atoms with Crippen molar-refractivity contribution in [2.75, 3.05) is 20.3 Å². The molecule has 1 fully saturated rings. The number of nitrogens with zero attached hydrogens (tertiary/aromatic N) is 1. The number of ketones is 1. The molecule has 3 rings (SSSR count). The number of Topliss-reactive ketones (excluding diaryl/α,β-unsaturated/α-hetero) is 1. The number of rotatable bonds is 11. The molecule has 1 saturated carbocycles. The number of methoxy groups -OCH3 is 1. The molecule has 1 aliphatic rings. The van der Waals surface area contributed by atoms with Gasteiger partial charge in [0.25, 0.3) is 0 Å². The summed E-state index contributed by atoms with van der Waals surface area (Å²) in [6, 6.07) is 7.76. The Hall–Kier alpha value is -2.73. The second kappa shape index (κ2) is 10.3. The first-order valence-corrected chi connectivity index (χ1v) is 10.5. The Kier molecular flexibility index (Phi) is 7.57. The number of benzene rings is 1. The highest BCUT2D eigenvalue weighted by Gasteiger charge is 2.28. The summed E-state index contributed by atoms with van der Waals surface area (Å²) in [5.74, 6) is 1.10. The molecule has 1 heterocycles. The summed E-state index contributed by atoms with van der Waals surface area (Å²) in [5, 5.41) is 3.38. The van der Waals surface area contributed by atoms with E-state index in [-0.39, 0.29) is 12.4 Å². The number of ether oxygens (including phenoxy) is 2. The van der Waals surface area contributed by atoms with Crippen molar-refractivity contribution in [3.8, 4) is 17.0 Å². The van der Waals surface area contributed by atoms with E-state index in [4.69, 9.17) is 9.47 Å². The summed E-state index contributed by atoms with van der Waals surface area (Å²) in [6.07, 6.45) is 4.69. The number of pyridine rings is 1. The van der Waals surface area contributed by atoms with E-state index in [2.05, 4.69) is 16.4 Å². The van der Waals surface area contributed by atoms with Crippen LogP contribution in [-0.2, 0) is 27.3 Å². The number of nitrogens with one attached hydrogen (secondary N) is 1. The molecule has 2 aromatic rings. The van der Waals surface area contributed by atoms with Crippen molar-refractivity contribution in [3.05, 3.63) is 47.2 Å². The molecule has 1 aromatic heterocycles. The summed E-state index contributed by atoms with van der Waals surface area (Å²) < 4.78 is 10.6. The molecule has 0 bridgehead atoms. The van der Waals surface area contributed by atoms with Crippen molar-refractivity contribution in [2.24, 2.45) is 5.92 Å². The fraction of sp³-hybridized carbons (Fsp3) is 0.458. The van der Waals surface area contributed by atoms with Crippen LogP contribution in [0, 0.1) is 12.8 Å². The van der Waals surface area contributed by atoms with E-state index in [0.29, 0.717) is 43.6 Å². The molecule has 0 unspecified atom stereocenters. The summed E-state index contributed by atoms with van der Waals surface area (Å²) >= 11 is 0. The highest BCUT2D eigenvalue weighted by molar-refractivity contribution is 5.83. The highest BCUT2D eigenvalue weighted by Crippen LogP contribution is 2.33. The molecule has 0 aliphatic heterocycles. The molecule has 6 nitrogen and oxygen atoms in total. The lowest BCUT2D eigenvalue weighted by molar-refractivity contribution is -0.142. The second-order valence-electron chi connectivity index (χ2n) is 7.70. The van der Waals surface area contributed by atoms with Crippen molar-refractivity contribution in [3.63, 3.8) is 0 Å². The Bertz CT molecular complexity index is 906. The van der Waals surface area contributed by atoms with Crippen LogP contribution >= 0.6 is 0 Å². The maximum Gasteiger partial charge on any atom is 0.310 e. The van der Waals surface area contributed by atoms with E-state index in [1.54, 1.807) is 14.0 Å². The van der Waals surface area contributed by atoms with Crippen LogP contribution in [0.4, 0.5) is 0 Å². The van der Waals surface area contributed by atoms with Gasteiger partial charge in [0.15, 0.2) is 0 Å². The molecule has 0 atom stereocenters. The van der Waals surface area contributed by atoms with Gasteiger partial charge in [-0.3, -0.25) is 14.6 Å². The lowest BCUT2D eigenvalue weighted by atomic mass is 10.00. The van der Waals surface area contributed by atoms with Gasteiger partial charge >= 0.3 is 5.97 Å². The Morgan fingerprint density at radius 3 is 2.73 bits per heavy atom. The Labute approximate surface area is 178 Å². The Morgan fingerprint density at radius 2 is 2.03 bits per heavy atom. The molecular weight excluding hydrogens is 380 g/mol. The number of carbonyl (C=O) groups is 2. The van der Waals surface area contributed by atoms with Gasteiger partial charge in [-0.2, -0.15) is 0 Å². The topological polar surface area (TPSA) is 77.5 Å². The molecule has 0 spiro atoms. The van der Waals surface area contributed by atoms with Crippen molar-refractivity contribution >= 4 is 11.8 Å². The predicted molar refractivity (Wildman–Crippen MR) is 115 cm³/mol. The SMILES string of the molecule is CCOC(=O)Cc1ccc(OC)c(-c2ncc(C)cc2CNCCC(=O)C2CC2)c1. The zero-order valence-electron chi connectivity index (χ0n) is 18.0. The van der Waals surface area contributed by atoms with Crippen LogP contribution in [0.1, 0.15) is 42.9 Å². The van der Waals surface area contributed by atoms with Crippen molar-refractivity contribution in [1.82, 2.24) is 10.3 Å². The van der Waals surface area contributed by atoms with E-state index in [1.807, 2.05) is 31.3 Å². The fourth-order valence-corrected chi connectivity index (χ4v) is 3.48. The zero-order valence-corrected chi connectivity index (χ0v) is 18.0. The Balaban J connectivity index is 1.79. The molecule has 0 saturated heterocycles. The average molecular weight is 411 g/mol. The van der Waals surface area contributed by atoms with Gasteiger partial charge in [-0.15, -0.1) is 0 Å². The lowest BCUT2D eigenvalue weighted by Crippen LogP contribution is -2.19. The summed E-state index contributed by atoms with van der Waals surface area (Å²) in [5.41, 5.74) is 4.58. The molecule has 1 N–H and O–H groups in total. The molecule has 30 heavy (non-hydrogen) atoms. The minimum atomic E-state index is -0.257. The van der Waals surface area contributed by atoms with Gasteiger partial charge in [-0.1, -0.05) is 12.1 Å². The number of aryl methyl sites for hydroxylation is 1. The molecule has 160 valence electrons. The van der Waals surface area contributed by atoms with Gasteiger partial charge in [0, 0.05) is 37.2 Å². The molecule has 6 heteroatoms. The third-order valence-electron chi connectivity index (χ3n) is 5.17. The van der Waals surface area contributed by atoms with Gasteiger partial charge in [0.1, 0.15) is 11.5 Å². The van der Waals surface area contributed by atoms with Crippen LogP contribution in [0.3, 0.4) is 0 Å². The van der Waals surface area contributed by atoms with Crippen LogP contribution in [0.25, 0.3) is 11.3 Å². The molecule has 0 amide bonds. The average Bonchev–Trinajstić information content (AvgIpc) is 3.57. The number of carbonyl (C=O) groups excluding carboxylic acids is 2. The minimum Gasteiger partial charge on any atom is -0.496 e. The highest BCUT2D eigenvalue weighted by atomic mass is 16.5. The van der Waals surface area contributed by atoms with Gasteiger partial charge < -0.3 is 14.8 Å². The van der Waals surface area contributed by atoms with Gasteiger partial charge in [0.2, 0.25) is 0 Å². The lowest BCUT2D eigenvalue weighted by Gasteiger charge is -2.15. The van der Waals surface area contributed by atoms with Crippen molar-refractivity contribution in [2.45, 2.75) is 46.1 Å². The molecular formula is C24H30N2O4. The van der Waals surface area contributed by atoms with Crippen LogP contribution in [0.5, 0.6) is 5.75 Å². The van der Waals surface area contributed by atoms with E-state index >= 15 is 0 Å². The summed E-state index contributed by atoms with van der Waals surface area (Å²) in [4.78, 5) is 28.5. The van der Waals surface area contributed by atoms with Crippen LogP contribution in [-0.4, -0.2) is 37.0 Å². The van der Waals surface area contributed by atoms with Gasteiger partial charge in [-0.25, -0.2) is 0 Å². The molecule has 0 radical (unpaired) electrons. The maximum atomic E-state index is 11.9. The van der Waals surface area contributed by atoms with Gasteiger partial charge in [0.05, 0.1) is 25.8 Å². The third-order valence-corrected chi connectivity index (χ3v) is 5.17. The Morgan fingerprint density at radius 1 is 1.23 bits per heavy atom. The normalized spacial score (nSPS) is 13.2. The van der Waals surface area contributed by atoms with Crippen molar-refractivity contribution < 1.29 is 19.1 Å². The quantitative estimate of drug-likeness (QED) is 0.450. The van der Waals surface area contributed by atoms with Crippen molar-refractivity contribution in [1.29, 1.82) is 0 Å². The fourth-order valence-electron chi connectivity index (χ4n) is 3.48. The largest absolute Gasteiger partial charge is 0.496 e. The van der Waals surface area contributed by atoms with E-state index in [9.17, 15) is 9.59 Å². The first-order valence-electron chi connectivity index (χ1n) is 10.5. The first-order chi connectivity index (χ1) is 14.5. The van der Waals surface area contributed by atoms with Crippen LogP contribution in [0.15, 0.2) is 30.5 Å². The van der Waals surface area contributed by atoms with Crippen LogP contribution in [0.2, 0.25) is 0 Å². The first kappa shape index (κ1) is 22.0. The molecule has 1 aliphatic carbocycles. The minimum absolute atomic E-state index is 0.202.